The molecule has 2 aromatic carbocycles. The van der Waals surface area contributed by atoms with Gasteiger partial charge < -0.3 is 9.47 Å². The van der Waals surface area contributed by atoms with Crippen LogP contribution in [0.25, 0.3) is 0 Å². The van der Waals surface area contributed by atoms with Crippen LogP contribution >= 0.6 is 0 Å². The summed E-state index contributed by atoms with van der Waals surface area (Å²) in [4.78, 5) is 28.4. The number of aryl methyl sites for hydroxylation is 1. The van der Waals surface area contributed by atoms with Gasteiger partial charge in [0.05, 0.1) is 11.1 Å². The lowest BCUT2D eigenvalue weighted by atomic mass is 10.1. The number of ether oxygens (including phenoxy) is 2. The van der Waals surface area contributed by atoms with E-state index in [1.165, 1.54) is 12.1 Å². The van der Waals surface area contributed by atoms with Crippen molar-refractivity contribution < 1.29 is 19.1 Å². The van der Waals surface area contributed by atoms with E-state index in [1.54, 1.807) is 54.6 Å². The predicted octanol–water partition coefficient (Wildman–Crippen LogP) is 3.70. The number of benzene rings is 2. The molecule has 132 valence electrons. The van der Waals surface area contributed by atoms with Gasteiger partial charge in [0.25, 0.3) is 0 Å². The maximum absolute atomic E-state index is 12.3. The summed E-state index contributed by atoms with van der Waals surface area (Å²) in [6, 6.07) is 19.8. The minimum absolute atomic E-state index is 0.0509. The van der Waals surface area contributed by atoms with E-state index in [9.17, 15) is 14.9 Å². The first-order chi connectivity index (χ1) is 13.1. The van der Waals surface area contributed by atoms with Gasteiger partial charge in [-0.1, -0.05) is 35.9 Å². The van der Waals surface area contributed by atoms with Crippen molar-refractivity contribution in [2.45, 2.75) is 6.92 Å². The van der Waals surface area contributed by atoms with Crippen LogP contribution in [0.4, 0.5) is 0 Å². The number of nitrogens with zero attached hydrogens (tertiary/aromatic N) is 2. The number of nitriles is 1. The minimum atomic E-state index is -0.662. The molecule has 3 rings (SSSR count). The highest BCUT2D eigenvalue weighted by molar-refractivity contribution is 5.91. The van der Waals surface area contributed by atoms with E-state index < -0.39 is 11.9 Å². The molecule has 0 saturated carbocycles. The molecule has 6 nitrogen and oxygen atoms in total. The Morgan fingerprint density at radius 1 is 0.852 bits per heavy atom. The normalized spacial score (nSPS) is 9.93. The van der Waals surface area contributed by atoms with Crippen molar-refractivity contribution >= 4 is 11.9 Å². The number of rotatable bonds is 4. The summed E-state index contributed by atoms with van der Waals surface area (Å²) in [6.45, 7) is 1.90. The van der Waals surface area contributed by atoms with Crippen LogP contribution in [0.3, 0.4) is 0 Å². The molecule has 0 N–H and O–H groups in total. The van der Waals surface area contributed by atoms with E-state index >= 15 is 0 Å². The molecule has 0 saturated heterocycles. The SMILES string of the molecule is Cc1ccc(C(=O)Oc2nc(OC(=O)c3ccccc3)ccc2C#N)cc1. The average molecular weight is 358 g/mol. The molecule has 0 atom stereocenters. The van der Waals surface area contributed by atoms with Crippen LogP contribution in [-0.2, 0) is 0 Å². The van der Waals surface area contributed by atoms with Gasteiger partial charge in [0.1, 0.15) is 11.6 Å². The quantitative estimate of drug-likeness (QED) is 0.661. The lowest BCUT2D eigenvalue weighted by Crippen LogP contribution is -2.13. The molecule has 0 unspecified atom stereocenters. The second kappa shape index (κ2) is 7.93. The zero-order valence-corrected chi connectivity index (χ0v) is 14.4. The zero-order valence-electron chi connectivity index (χ0n) is 14.4. The van der Waals surface area contributed by atoms with Crippen molar-refractivity contribution in [1.29, 1.82) is 5.26 Å². The second-order valence-electron chi connectivity index (χ2n) is 5.63. The molecular weight excluding hydrogens is 344 g/mol. The summed E-state index contributed by atoms with van der Waals surface area (Å²) < 4.78 is 10.4. The van der Waals surface area contributed by atoms with Crippen molar-refractivity contribution in [2.75, 3.05) is 0 Å². The standard InChI is InChI=1S/C21H14N2O4/c1-14-7-9-16(10-8-14)21(25)27-19-17(13-22)11-12-18(23-19)26-20(24)15-5-3-2-4-6-15/h2-12H,1H3. The molecule has 6 heteroatoms. The summed E-state index contributed by atoms with van der Waals surface area (Å²) in [6.07, 6.45) is 0. The third kappa shape index (κ3) is 4.35. The number of hydrogen-bond donors (Lipinski definition) is 0. The van der Waals surface area contributed by atoms with Gasteiger partial charge in [-0.2, -0.15) is 10.2 Å². The first-order valence-electron chi connectivity index (χ1n) is 8.04. The number of esters is 2. The van der Waals surface area contributed by atoms with Crippen LogP contribution in [0.5, 0.6) is 11.8 Å². The smallest absolute Gasteiger partial charge is 0.344 e. The predicted molar refractivity (Wildman–Crippen MR) is 96.5 cm³/mol. The summed E-state index contributed by atoms with van der Waals surface area (Å²) in [5.74, 6) is -1.56. The fourth-order valence-corrected chi connectivity index (χ4v) is 2.21. The Bertz CT molecular complexity index is 1020. The lowest BCUT2D eigenvalue weighted by molar-refractivity contribution is 0.0717. The highest BCUT2D eigenvalue weighted by atomic mass is 16.6. The summed E-state index contributed by atoms with van der Waals surface area (Å²) in [7, 11) is 0. The molecule has 0 fully saturated rings. The van der Waals surface area contributed by atoms with Crippen LogP contribution in [0.15, 0.2) is 66.7 Å². The fourth-order valence-electron chi connectivity index (χ4n) is 2.21. The summed E-state index contributed by atoms with van der Waals surface area (Å²) in [5, 5.41) is 9.20. The van der Waals surface area contributed by atoms with Crippen LogP contribution in [-0.4, -0.2) is 16.9 Å². The number of carbonyl (C=O) groups is 2. The fraction of sp³-hybridized carbons (Fsp3) is 0.0476. The van der Waals surface area contributed by atoms with Gasteiger partial charge in [-0.15, -0.1) is 0 Å². The third-order valence-corrected chi connectivity index (χ3v) is 3.64. The van der Waals surface area contributed by atoms with E-state index in [-0.39, 0.29) is 17.3 Å². The van der Waals surface area contributed by atoms with Crippen LogP contribution < -0.4 is 9.47 Å². The van der Waals surface area contributed by atoms with E-state index in [0.29, 0.717) is 11.1 Å². The van der Waals surface area contributed by atoms with E-state index in [4.69, 9.17) is 9.47 Å². The van der Waals surface area contributed by atoms with Crippen molar-refractivity contribution in [3.63, 3.8) is 0 Å². The van der Waals surface area contributed by atoms with Gasteiger partial charge in [0.15, 0.2) is 0 Å². The van der Waals surface area contributed by atoms with Gasteiger partial charge in [0, 0.05) is 6.07 Å². The topological polar surface area (TPSA) is 89.3 Å². The molecule has 0 spiro atoms. The molecule has 27 heavy (non-hydrogen) atoms. The molecule has 0 aliphatic rings. The molecule has 0 aliphatic heterocycles. The van der Waals surface area contributed by atoms with Crippen molar-refractivity contribution in [3.8, 4) is 17.8 Å². The molecule has 0 amide bonds. The summed E-state index contributed by atoms with van der Waals surface area (Å²) >= 11 is 0. The maximum atomic E-state index is 12.3. The second-order valence-corrected chi connectivity index (χ2v) is 5.63. The van der Waals surface area contributed by atoms with Gasteiger partial charge in [-0.25, -0.2) is 9.59 Å². The van der Waals surface area contributed by atoms with Crippen molar-refractivity contribution in [1.82, 2.24) is 4.98 Å². The zero-order chi connectivity index (χ0) is 19.2. The van der Waals surface area contributed by atoms with Gasteiger partial charge in [-0.05, 0) is 37.3 Å². The van der Waals surface area contributed by atoms with Crippen LogP contribution in [0, 0.1) is 18.3 Å². The Kier molecular flexibility index (Phi) is 5.24. The Labute approximate surface area is 155 Å². The monoisotopic (exact) mass is 358 g/mol. The van der Waals surface area contributed by atoms with E-state index in [2.05, 4.69) is 4.98 Å². The van der Waals surface area contributed by atoms with Crippen molar-refractivity contribution in [3.05, 3.63) is 89.0 Å². The third-order valence-electron chi connectivity index (χ3n) is 3.64. The number of carbonyl (C=O) groups excluding carboxylic acids is 2. The van der Waals surface area contributed by atoms with Gasteiger partial charge in [-0.3, -0.25) is 0 Å². The Balaban J connectivity index is 1.81. The van der Waals surface area contributed by atoms with Crippen LogP contribution in [0.2, 0.25) is 0 Å². The molecular formula is C21H14N2O4. The van der Waals surface area contributed by atoms with Gasteiger partial charge >= 0.3 is 11.9 Å². The molecule has 0 aliphatic carbocycles. The first kappa shape index (κ1) is 17.8. The number of aromatic nitrogens is 1. The molecule has 0 radical (unpaired) electrons. The maximum Gasteiger partial charge on any atom is 0.344 e. The number of hydrogen-bond acceptors (Lipinski definition) is 6. The Morgan fingerprint density at radius 2 is 1.48 bits per heavy atom. The van der Waals surface area contributed by atoms with Crippen LogP contribution in [0.1, 0.15) is 31.8 Å². The highest BCUT2D eigenvalue weighted by Gasteiger charge is 2.16. The molecule has 1 aromatic heterocycles. The molecule has 3 aromatic rings. The Morgan fingerprint density at radius 3 is 2.15 bits per heavy atom. The highest BCUT2D eigenvalue weighted by Crippen LogP contribution is 2.21. The largest absolute Gasteiger partial charge is 0.404 e. The molecule has 0 bridgehead atoms. The Hall–Kier alpha value is -3.98. The summed E-state index contributed by atoms with van der Waals surface area (Å²) in [5.41, 5.74) is 1.71. The van der Waals surface area contributed by atoms with Crippen molar-refractivity contribution in [2.24, 2.45) is 0 Å². The minimum Gasteiger partial charge on any atom is -0.404 e. The van der Waals surface area contributed by atoms with Gasteiger partial charge in [0.2, 0.25) is 11.8 Å². The number of pyridine rings is 1. The average Bonchev–Trinajstić information content (AvgIpc) is 2.69. The van der Waals surface area contributed by atoms with E-state index in [1.807, 2.05) is 13.0 Å². The lowest BCUT2D eigenvalue weighted by Gasteiger charge is -2.08. The molecule has 1 heterocycles. The van der Waals surface area contributed by atoms with E-state index in [0.717, 1.165) is 5.56 Å². The first-order valence-corrected chi connectivity index (χ1v) is 8.04.